The van der Waals surface area contributed by atoms with Gasteiger partial charge in [0.05, 0.1) is 12.5 Å². The fraction of sp³-hybridized carbons (Fsp3) is 0.467. The van der Waals surface area contributed by atoms with Gasteiger partial charge in [-0.3, -0.25) is 9.78 Å². The highest BCUT2D eigenvalue weighted by molar-refractivity contribution is 5.72. The first-order valence-corrected chi connectivity index (χ1v) is 6.57. The lowest BCUT2D eigenvalue weighted by Crippen LogP contribution is -2.19. The van der Waals surface area contributed by atoms with Gasteiger partial charge in [0, 0.05) is 12.4 Å². The van der Waals surface area contributed by atoms with Gasteiger partial charge < -0.3 is 4.74 Å². The maximum absolute atomic E-state index is 11.7. The van der Waals surface area contributed by atoms with E-state index in [1.54, 1.807) is 12.4 Å². The van der Waals surface area contributed by atoms with Gasteiger partial charge in [-0.05, 0) is 49.8 Å². The first kappa shape index (κ1) is 12.8. The lowest BCUT2D eigenvalue weighted by molar-refractivity contribution is -0.148. The predicted molar refractivity (Wildman–Crippen MR) is 70.0 cm³/mol. The monoisotopic (exact) mass is 245 g/mol. The van der Waals surface area contributed by atoms with E-state index in [0.717, 1.165) is 32.1 Å². The summed E-state index contributed by atoms with van der Waals surface area (Å²) in [5.41, 5.74) is 1.24. The van der Waals surface area contributed by atoms with Crippen LogP contribution in [-0.4, -0.2) is 17.6 Å². The molecule has 0 saturated carbocycles. The summed E-state index contributed by atoms with van der Waals surface area (Å²) in [4.78, 5) is 15.7. The van der Waals surface area contributed by atoms with E-state index in [2.05, 4.69) is 17.1 Å². The maximum Gasteiger partial charge on any atom is 0.309 e. The molecule has 0 bridgehead atoms. The van der Waals surface area contributed by atoms with Crippen LogP contribution in [0, 0.1) is 5.92 Å². The zero-order valence-electron chi connectivity index (χ0n) is 10.5. The second-order valence-corrected chi connectivity index (χ2v) is 4.61. The van der Waals surface area contributed by atoms with Crippen molar-refractivity contribution < 1.29 is 9.53 Å². The zero-order valence-corrected chi connectivity index (χ0v) is 10.5. The van der Waals surface area contributed by atoms with Crippen LogP contribution in [0.3, 0.4) is 0 Å². The van der Waals surface area contributed by atoms with Crippen molar-refractivity contribution in [2.75, 3.05) is 6.61 Å². The molecule has 1 aliphatic rings. The number of carbonyl (C=O) groups is 1. The third-order valence-electron chi connectivity index (χ3n) is 3.21. The highest BCUT2D eigenvalue weighted by atomic mass is 16.5. The van der Waals surface area contributed by atoms with Gasteiger partial charge in [-0.1, -0.05) is 12.2 Å². The highest BCUT2D eigenvalue weighted by Gasteiger charge is 2.19. The normalized spacial score (nSPS) is 18.6. The van der Waals surface area contributed by atoms with Gasteiger partial charge in [-0.15, -0.1) is 0 Å². The van der Waals surface area contributed by atoms with Crippen LogP contribution in [-0.2, 0) is 16.0 Å². The molecule has 0 spiro atoms. The fourth-order valence-electron chi connectivity index (χ4n) is 2.12. The predicted octanol–water partition coefficient (Wildman–Crippen LogP) is 2.91. The van der Waals surface area contributed by atoms with Crippen molar-refractivity contribution in [3.63, 3.8) is 0 Å². The van der Waals surface area contributed by atoms with Crippen molar-refractivity contribution in [2.45, 2.75) is 32.1 Å². The molecule has 2 rings (SSSR count). The van der Waals surface area contributed by atoms with Gasteiger partial charge in [0.25, 0.3) is 0 Å². The molecule has 0 N–H and O–H groups in total. The van der Waals surface area contributed by atoms with Crippen LogP contribution >= 0.6 is 0 Å². The quantitative estimate of drug-likeness (QED) is 0.455. The van der Waals surface area contributed by atoms with E-state index in [4.69, 9.17) is 4.74 Å². The molecule has 18 heavy (non-hydrogen) atoms. The number of nitrogens with zero attached hydrogens (tertiary/aromatic N) is 1. The minimum absolute atomic E-state index is 0.0333. The average Bonchev–Trinajstić information content (AvgIpc) is 2.45. The summed E-state index contributed by atoms with van der Waals surface area (Å²) in [6.45, 7) is 0.515. The van der Waals surface area contributed by atoms with Crippen LogP contribution in [0.2, 0.25) is 0 Å². The van der Waals surface area contributed by atoms with Gasteiger partial charge in [-0.25, -0.2) is 0 Å². The van der Waals surface area contributed by atoms with Crippen LogP contribution in [0.25, 0.3) is 0 Å². The lowest BCUT2D eigenvalue weighted by atomic mass is 9.95. The number of carbonyl (C=O) groups excluding carboxylic acids is 1. The number of pyridine rings is 1. The zero-order chi connectivity index (χ0) is 12.6. The van der Waals surface area contributed by atoms with Gasteiger partial charge in [0.15, 0.2) is 0 Å². The third kappa shape index (κ3) is 3.99. The number of rotatable bonds is 5. The fourth-order valence-corrected chi connectivity index (χ4v) is 2.12. The number of ether oxygens (including phenoxy) is 1. The van der Waals surface area contributed by atoms with Gasteiger partial charge >= 0.3 is 5.97 Å². The summed E-state index contributed by atoms with van der Waals surface area (Å²) in [7, 11) is 0. The maximum atomic E-state index is 11.7. The molecule has 0 aromatic carbocycles. The summed E-state index contributed by atoms with van der Waals surface area (Å²) in [6, 6.07) is 3.99. The Morgan fingerprint density at radius 2 is 2.17 bits per heavy atom. The Kier molecular flexibility index (Phi) is 4.94. The Bertz CT molecular complexity index is 400. The summed E-state index contributed by atoms with van der Waals surface area (Å²) in [5.74, 6) is 0.0463. The molecular formula is C15H19NO2. The number of hydrogen-bond donors (Lipinski definition) is 0. The van der Waals surface area contributed by atoms with E-state index < -0.39 is 0 Å². The van der Waals surface area contributed by atoms with Crippen molar-refractivity contribution in [3.05, 3.63) is 42.2 Å². The topological polar surface area (TPSA) is 39.2 Å². The molecule has 0 aliphatic heterocycles. The van der Waals surface area contributed by atoms with E-state index in [0.29, 0.717) is 6.61 Å². The minimum Gasteiger partial charge on any atom is -0.465 e. The Morgan fingerprint density at radius 3 is 2.89 bits per heavy atom. The number of aromatic nitrogens is 1. The number of aryl methyl sites for hydroxylation is 1. The summed E-state index contributed by atoms with van der Waals surface area (Å²) < 4.78 is 5.31. The summed E-state index contributed by atoms with van der Waals surface area (Å²) in [5, 5.41) is 0. The summed E-state index contributed by atoms with van der Waals surface area (Å²) >= 11 is 0. The number of esters is 1. The highest BCUT2D eigenvalue weighted by Crippen LogP contribution is 2.19. The van der Waals surface area contributed by atoms with Crippen LogP contribution in [0.15, 0.2) is 36.7 Å². The number of hydrogen-bond acceptors (Lipinski definition) is 3. The molecule has 3 nitrogen and oxygen atoms in total. The van der Waals surface area contributed by atoms with Crippen molar-refractivity contribution in [3.8, 4) is 0 Å². The van der Waals surface area contributed by atoms with Gasteiger partial charge in [0.1, 0.15) is 0 Å². The third-order valence-corrected chi connectivity index (χ3v) is 3.21. The van der Waals surface area contributed by atoms with Crippen molar-refractivity contribution in [1.82, 2.24) is 4.98 Å². The van der Waals surface area contributed by atoms with Crippen LogP contribution < -0.4 is 0 Å². The van der Waals surface area contributed by atoms with Crippen LogP contribution in [0.1, 0.15) is 31.2 Å². The molecule has 1 unspecified atom stereocenters. The molecule has 1 aromatic heterocycles. The molecule has 1 aliphatic carbocycles. The molecule has 0 radical (unpaired) electrons. The average molecular weight is 245 g/mol. The second-order valence-electron chi connectivity index (χ2n) is 4.61. The second kappa shape index (κ2) is 6.94. The van der Waals surface area contributed by atoms with E-state index in [9.17, 15) is 4.79 Å². The Morgan fingerprint density at radius 1 is 1.33 bits per heavy atom. The minimum atomic E-state index is -0.0333. The van der Waals surface area contributed by atoms with E-state index in [1.807, 2.05) is 12.1 Å². The van der Waals surface area contributed by atoms with Gasteiger partial charge in [-0.2, -0.15) is 0 Å². The number of allylic oxidation sites excluding steroid dienone is 2. The Labute approximate surface area is 108 Å². The molecule has 0 saturated heterocycles. The van der Waals surface area contributed by atoms with Crippen LogP contribution in [0.4, 0.5) is 0 Å². The summed E-state index contributed by atoms with van der Waals surface area (Å²) in [6.07, 6.45) is 12.4. The van der Waals surface area contributed by atoms with E-state index in [-0.39, 0.29) is 11.9 Å². The van der Waals surface area contributed by atoms with E-state index in [1.165, 1.54) is 5.56 Å². The molecule has 0 fully saturated rings. The molecular weight excluding hydrogens is 226 g/mol. The largest absolute Gasteiger partial charge is 0.465 e. The molecule has 0 amide bonds. The van der Waals surface area contributed by atoms with Gasteiger partial charge in [0.2, 0.25) is 0 Å². The Balaban J connectivity index is 1.63. The van der Waals surface area contributed by atoms with Crippen molar-refractivity contribution in [2.24, 2.45) is 5.92 Å². The first-order chi connectivity index (χ1) is 8.86. The standard InChI is InChI=1S/C15H19NO2/c17-15(14-6-2-1-3-7-14)18-12-4-5-13-8-10-16-11-9-13/h1-2,8-11,14H,3-7,12H2. The molecule has 1 atom stereocenters. The van der Waals surface area contributed by atoms with E-state index >= 15 is 0 Å². The Hall–Kier alpha value is -1.64. The SMILES string of the molecule is O=C(OCCCc1ccncc1)C1CC=CCC1. The van der Waals surface area contributed by atoms with Crippen molar-refractivity contribution >= 4 is 5.97 Å². The van der Waals surface area contributed by atoms with Crippen molar-refractivity contribution in [1.29, 1.82) is 0 Å². The molecule has 96 valence electrons. The lowest BCUT2D eigenvalue weighted by Gasteiger charge is -2.16. The smallest absolute Gasteiger partial charge is 0.309 e. The molecule has 1 aromatic rings. The first-order valence-electron chi connectivity index (χ1n) is 6.57. The molecule has 1 heterocycles. The van der Waals surface area contributed by atoms with Crippen LogP contribution in [0.5, 0.6) is 0 Å². The molecule has 3 heteroatoms.